The predicted octanol–water partition coefficient (Wildman–Crippen LogP) is 5.14. The van der Waals surface area contributed by atoms with Gasteiger partial charge in [-0.1, -0.05) is 16.7 Å². The molecule has 34 heavy (non-hydrogen) atoms. The van der Waals surface area contributed by atoms with Crippen LogP contribution in [0.5, 0.6) is 0 Å². The lowest BCUT2D eigenvalue weighted by molar-refractivity contribution is 0.0177. The summed E-state index contributed by atoms with van der Waals surface area (Å²) < 4.78 is 12.0. The summed E-state index contributed by atoms with van der Waals surface area (Å²) in [6.45, 7) is 12.3. The largest absolute Gasteiger partial charge is 0.444 e. The van der Waals surface area contributed by atoms with Crippen LogP contribution in [0.1, 0.15) is 75.5 Å². The minimum absolute atomic E-state index is 0.226. The van der Waals surface area contributed by atoms with Crippen molar-refractivity contribution >= 4 is 41.0 Å². The number of anilines is 1. The van der Waals surface area contributed by atoms with Crippen LogP contribution in [-0.4, -0.2) is 58.9 Å². The van der Waals surface area contributed by atoms with E-state index in [1.165, 1.54) is 11.3 Å². The van der Waals surface area contributed by atoms with E-state index in [1.807, 2.05) is 39.5 Å². The number of carbonyl (C=O) groups is 2. The summed E-state index contributed by atoms with van der Waals surface area (Å²) in [4.78, 5) is 29.5. The second-order valence-corrected chi connectivity index (χ2v) is 11.1. The Bertz CT molecular complexity index is 961. The van der Waals surface area contributed by atoms with E-state index in [-0.39, 0.29) is 17.9 Å². The van der Waals surface area contributed by atoms with Crippen LogP contribution >= 0.6 is 22.9 Å². The van der Waals surface area contributed by atoms with Gasteiger partial charge in [0.05, 0.1) is 9.21 Å². The third-order valence-electron chi connectivity index (χ3n) is 5.70. The molecule has 1 aliphatic rings. The molecule has 3 heterocycles. The van der Waals surface area contributed by atoms with Crippen molar-refractivity contribution in [1.82, 2.24) is 20.4 Å². The zero-order chi connectivity index (χ0) is 24.9. The number of carbonyl (C=O) groups excluding carboxylic acids is 2. The zero-order valence-electron chi connectivity index (χ0n) is 20.5. The van der Waals surface area contributed by atoms with Gasteiger partial charge in [-0.25, -0.2) is 4.79 Å². The molecule has 2 aromatic rings. The van der Waals surface area contributed by atoms with E-state index in [4.69, 9.17) is 20.8 Å². The fourth-order valence-electron chi connectivity index (χ4n) is 3.89. The average Bonchev–Trinajstić information content (AvgIpc) is 3.43. The topological polar surface area (TPSA) is 101 Å². The Balaban J connectivity index is 1.69. The first kappa shape index (κ1) is 26.3. The summed E-state index contributed by atoms with van der Waals surface area (Å²) in [5, 5.41) is 11.5. The van der Waals surface area contributed by atoms with Gasteiger partial charge in [-0.15, -0.1) is 16.4 Å². The maximum atomic E-state index is 12.9. The number of hydrogen-bond acceptors (Lipinski definition) is 8. The lowest BCUT2D eigenvalue weighted by Crippen LogP contribution is -2.42. The highest BCUT2D eigenvalue weighted by Crippen LogP contribution is 2.31. The summed E-state index contributed by atoms with van der Waals surface area (Å²) in [7, 11) is 0. The van der Waals surface area contributed by atoms with Gasteiger partial charge in [-0.2, -0.15) is 0 Å². The predicted molar refractivity (Wildman–Crippen MR) is 133 cm³/mol. The monoisotopic (exact) mass is 511 g/mol. The van der Waals surface area contributed by atoms with Crippen LogP contribution in [0.3, 0.4) is 0 Å². The molecule has 0 aliphatic carbocycles. The first-order valence-corrected chi connectivity index (χ1v) is 12.9. The Morgan fingerprint density at radius 3 is 2.50 bits per heavy atom. The van der Waals surface area contributed by atoms with Gasteiger partial charge in [0.2, 0.25) is 5.89 Å². The maximum Gasteiger partial charge on any atom is 0.410 e. The molecule has 1 saturated heterocycles. The third kappa shape index (κ3) is 7.09. The van der Waals surface area contributed by atoms with Gasteiger partial charge in [-0.3, -0.25) is 4.79 Å². The van der Waals surface area contributed by atoms with E-state index in [9.17, 15) is 9.59 Å². The molecule has 1 N–H and O–H groups in total. The maximum absolute atomic E-state index is 12.9. The molecular formula is C23H34ClN5O4S. The summed E-state index contributed by atoms with van der Waals surface area (Å²) in [5.74, 6) is 0.433. The molecule has 1 aliphatic heterocycles. The van der Waals surface area contributed by atoms with E-state index in [0.29, 0.717) is 40.6 Å². The summed E-state index contributed by atoms with van der Waals surface area (Å²) in [5.41, 5.74) is -0.519. The SMILES string of the molecule is CCN(CC)c1nnc(C(CC2CCN(C(=O)OC(C)(C)C)CC2)NC(=O)c2ccc(Cl)s2)o1. The number of rotatable bonds is 8. The van der Waals surface area contributed by atoms with Crippen LogP contribution < -0.4 is 10.2 Å². The van der Waals surface area contributed by atoms with Crippen molar-refractivity contribution in [2.45, 2.75) is 65.5 Å². The fourth-order valence-corrected chi connectivity index (χ4v) is 4.83. The highest BCUT2D eigenvalue weighted by atomic mass is 35.5. The van der Waals surface area contributed by atoms with Crippen molar-refractivity contribution in [3.8, 4) is 0 Å². The molecule has 1 atom stereocenters. The molecule has 3 rings (SSSR count). The molecule has 0 spiro atoms. The molecule has 2 aromatic heterocycles. The Labute approximate surface area is 209 Å². The quantitative estimate of drug-likeness (QED) is 0.523. The second kappa shape index (κ2) is 11.4. The molecule has 2 amide bonds. The van der Waals surface area contributed by atoms with Gasteiger partial charge in [0.25, 0.3) is 5.91 Å². The molecule has 1 fully saturated rings. The molecule has 0 bridgehead atoms. The Hall–Kier alpha value is -2.33. The van der Waals surface area contributed by atoms with Crippen LogP contribution in [0, 0.1) is 5.92 Å². The van der Waals surface area contributed by atoms with Crippen LogP contribution in [-0.2, 0) is 4.74 Å². The van der Waals surface area contributed by atoms with Gasteiger partial charge in [0.15, 0.2) is 0 Å². The summed E-state index contributed by atoms with van der Waals surface area (Å²) in [6, 6.07) is 3.41. The van der Waals surface area contributed by atoms with Crippen LogP contribution in [0.2, 0.25) is 4.34 Å². The van der Waals surface area contributed by atoms with Crippen LogP contribution in [0.25, 0.3) is 0 Å². The van der Waals surface area contributed by atoms with E-state index in [2.05, 4.69) is 15.5 Å². The molecule has 11 heteroatoms. The average molecular weight is 512 g/mol. The van der Waals surface area contributed by atoms with Crippen LogP contribution in [0.15, 0.2) is 16.5 Å². The normalized spacial score (nSPS) is 15.8. The summed E-state index contributed by atoms with van der Waals surface area (Å²) in [6.07, 6.45) is 1.94. The van der Waals surface area contributed by atoms with Crippen molar-refractivity contribution < 1.29 is 18.7 Å². The Morgan fingerprint density at radius 1 is 1.26 bits per heavy atom. The lowest BCUT2D eigenvalue weighted by Gasteiger charge is -2.34. The fraction of sp³-hybridized carbons (Fsp3) is 0.652. The number of amides is 2. The number of piperidine rings is 1. The molecular weight excluding hydrogens is 478 g/mol. The smallest absolute Gasteiger partial charge is 0.410 e. The zero-order valence-corrected chi connectivity index (χ0v) is 22.0. The number of thiophene rings is 1. The molecule has 188 valence electrons. The van der Waals surface area contributed by atoms with E-state index in [0.717, 1.165) is 25.9 Å². The van der Waals surface area contributed by atoms with Gasteiger partial charge < -0.3 is 24.3 Å². The van der Waals surface area contributed by atoms with Gasteiger partial charge in [0, 0.05) is 26.2 Å². The first-order chi connectivity index (χ1) is 16.1. The van der Waals surface area contributed by atoms with Crippen LogP contribution in [0.4, 0.5) is 10.8 Å². The number of hydrogen-bond donors (Lipinski definition) is 1. The Morgan fingerprint density at radius 2 is 1.94 bits per heavy atom. The minimum atomic E-state index is -0.519. The van der Waals surface area contributed by atoms with Crippen molar-refractivity contribution in [1.29, 1.82) is 0 Å². The molecule has 0 saturated carbocycles. The van der Waals surface area contributed by atoms with E-state index in [1.54, 1.807) is 17.0 Å². The van der Waals surface area contributed by atoms with E-state index >= 15 is 0 Å². The standard InChI is InChI=1S/C23H34ClN5O4S/c1-6-28(7-2)21-27-26-20(32-21)16(25-19(30)17-8-9-18(24)34-17)14-15-10-12-29(13-11-15)22(31)33-23(3,4)5/h8-9,15-16H,6-7,10-14H2,1-5H3,(H,25,30). The third-order valence-corrected chi connectivity index (χ3v) is 6.93. The van der Waals surface area contributed by atoms with Gasteiger partial charge in [-0.05, 0) is 71.9 Å². The Kier molecular flexibility index (Phi) is 8.81. The summed E-state index contributed by atoms with van der Waals surface area (Å²) >= 11 is 7.24. The van der Waals surface area contributed by atoms with Gasteiger partial charge >= 0.3 is 12.1 Å². The lowest BCUT2D eigenvalue weighted by atomic mass is 9.90. The number of likely N-dealkylation sites (tertiary alicyclic amines) is 1. The second-order valence-electron chi connectivity index (χ2n) is 9.37. The van der Waals surface area contributed by atoms with Crippen molar-refractivity contribution in [3.05, 3.63) is 27.2 Å². The molecule has 0 radical (unpaired) electrons. The molecule has 9 nitrogen and oxygen atoms in total. The van der Waals surface area contributed by atoms with E-state index < -0.39 is 11.6 Å². The number of halogens is 1. The van der Waals surface area contributed by atoms with Crippen molar-refractivity contribution in [2.75, 3.05) is 31.1 Å². The number of nitrogens with one attached hydrogen (secondary N) is 1. The first-order valence-electron chi connectivity index (χ1n) is 11.7. The highest BCUT2D eigenvalue weighted by molar-refractivity contribution is 7.18. The minimum Gasteiger partial charge on any atom is -0.444 e. The van der Waals surface area contributed by atoms with Crippen molar-refractivity contribution in [3.63, 3.8) is 0 Å². The van der Waals surface area contributed by atoms with Crippen molar-refractivity contribution in [2.24, 2.45) is 5.92 Å². The number of nitrogens with zero attached hydrogens (tertiary/aromatic N) is 4. The molecule has 0 aromatic carbocycles. The number of aromatic nitrogens is 2. The highest BCUT2D eigenvalue weighted by Gasteiger charge is 2.31. The molecule has 1 unspecified atom stereocenters. The van der Waals surface area contributed by atoms with Gasteiger partial charge in [0.1, 0.15) is 11.6 Å². The number of ether oxygens (including phenoxy) is 1.